The first-order valence-corrected chi connectivity index (χ1v) is 5.95. The Labute approximate surface area is 98.8 Å². The van der Waals surface area contributed by atoms with Gasteiger partial charge in [-0.2, -0.15) is 0 Å². The van der Waals surface area contributed by atoms with Crippen molar-refractivity contribution in [1.29, 1.82) is 0 Å². The Bertz CT molecular complexity index is 301. The zero-order valence-corrected chi connectivity index (χ0v) is 10.8. The predicted molar refractivity (Wildman–Crippen MR) is 65.6 cm³/mol. The van der Waals surface area contributed by atoms with Gasteiger partial charge in [0.15, 0.2) is 0 Å². The van der Waals surface area contributed by atoms with Crippen molar-refractivity contribution < 1.29 is 0 Å². The molecule has 0 radical (unpaired) electrons. The Kier molecular flexibility index (Phi) is 3.99. The standard InChI is InChI=1S/C11H15BrClN/c1-3-11(14,4-2)10-8(12)6-5-7-9(10)13/h5-7H,3-4,14H2,1-2H3. The largest absolute Gasteiger partial charge is 0.321 e. The molecule has 1 aromatic rings. The van der Waals surface area contributed by atoms with Crippen molar-refractivity contribution in [3.63, 3.8) is 0 Å². The van der Waals surface area contributed by atoms with E-state index in [2.05, 4.69) is 29.8 Å². The van der Waals surface area contributed by atoms with E-state index in [9.17, 15) is 0 Å². The van der Waals surface area contributed by atoms with Crippen LogP contribution in [0.4, 0.5) is 0 Å². The van der Waals surface area contributed by atoms with Crippen molar-refractivity contribution in [3.05, 3.63) is 33.3 Å². The third kappa shape index (κ3) is 2.13. The molecule has 2 N–H and O–H groups in total. The van der Waals surface area contributed by atoms with Crippen LogP contribution in [0.3, 0.4) is 0 Å². The van der Waals surface area contributed by atoms with Crippen molar-refractivity contribution in [2.45, 2.75) is 32.2 Å². The second-order valence-corrected chi connectivity index (χ2v) is 4.72. The van der Waals surface area contributed by atoms with E-state index in [1.165, 1.54) is 0 Å². The molecule has 0 aliphatic rings. The van der Waals surface area contributed by atoms with Gasteiger partial charge in [-0.15, -0.1) is 0 Å². The monoisotopic (exact) mass is 275 g/mol. The molecule has 14 heavy (non-hydrogen) atoms. The number of hydrogen-bond acceptors (Lipinski definition) is 1. The Morgan fingerprint density at radius 3 is 2.36 bits per heavy atom. The van der Waals surface area contributed by atoms with Crippen LogP contribution >= 0.6 is 27.5 Å². The predicted octanol–water partition coefficient (Wildman–Crippen LogP) is 4.08. The second-order valence-electron chi connectivity index (χ2n) is 3.46. The van der Waals surface area contributed by atoms with Crippen molar-refractivity contribution in [1.82, 2.24) is 0 Å². The number of halogens is 2. The molecule has 0 heterocycles. The molecule has 0 aliphatic carbocycles. The third-order valence-electron chi connectivity index (χ3n) is 2.72. The lowest BCUT2D eigenvalue weighted by Crippen LogP contribution is -2.35. The van der Waals surface area contributed by atoms with Gasteiger partial charge in [0.25, 0.3) is 0 Å². The number of benzene rings is 1. The SMILES string of the molecule is CCC(N)(CC)c1c(Cl)cccc1Br. The van der Waals surface area contributed by atoms with Gasteiger partial charge in [0.05, 0.1) is 0 Å². The molecule has 0 saturated heterocycles. The molecule has 0 atom stereocenters. The van der Waals surface area contributed by atoms with E-state index < -0.39 is 0 Å². The molecule has 0 spiro atoms. The van der Waals surface area contributed by atoms with Crippen molar-refractivity contribution in [2.75, 3.05) is 0 Å². The Balaban J connectivity index is 3.29. The highest BCUT2D eigenvalue weighted by Gasteiger charge is 2.27. The lowest BCUT2D eigenvalue weighted by Gasteiger charge is -2.29. The van der Waals surface area contributed by atoms with Crippen LogP contribution in [0.25, 0.3) is 0 Å². The van der Waals surface area contributed by atoms with Crippen LogP contribution in [0.2, 0.25) is 5.02 Å². The van der Waals surface area contributed by atoms with Gasteiger partial charge in [-0.25, -0.2) is 0 Å². The van der Waals surface area contributed by atoms with Crippen molar-refractivity contribution in [2.24, 2.45) is 5.73 Å². The van der Waals surface area contributed by atoms with E-state index in [0.717, 1.165) is 27.9 Å². The van der Waals surface area contributed by atoms with Crippen molar-refractivity contribution in [3.8, 4) is 0 Å². The average molecular weight is 277 g/mol. The summed E-state index contributed by atoms with van der Waals surface area (Å²) in [4.78, 5) is 0. The first-order valence-electron chi connectivity index (χ1n) is 4.78. The number of hydrogen-bond donors (Lipinski definition) is 1. The van der Waals surface area contributed by atoms with Gasteiger partial charge in [-0.05, 0) is 25.0 Å². The smallest absolute Gasteiger partial charge is 0.0467 e. The average Bonchev–Trinajstić information content (AvgIpc) is 2.17. The molecular weight excluding hydrogens is 261 g/mol. The normalized spacial score (nSPS) is 11.8. The molecule has 0 unspecified atom stereocenters. The molecule has 0 fully saturated rings. The van der Waals surface area contributed by atoms with Gasteiger partial charge < -0.3 is 5.73 Å². The third-order valence-corrected chi connectivity index (χ3v) is 3.70. The minimum Gasteiger partial charge on any atom is -0.321 e. The zero-order valence-electron chi connectivity index (χ0n) is 8.48. The summed E-state index contributed by atoms with van der Waals surface area (Å²) in [5.41, 5.74) is 7.00. The van der Waals surface area contributed by atoms with Crippen molar-refractivity contribution >= 4 is 27.5 Å². The number of rotatable bonds is 3. The Hall–Kier alpha value is -0.0500. The van der Waals surface area contributed by atoms with Gasteiger partial charge in [0.2, 0.25) is 0 Å². The van der Waals surface area contributed by atoms with E-state index in [1.807, 2.05) is 18.2 Å². The van der Waals surface area contributed by atoms with Gasteiger partial charge >= 0.3 is 0 Å². The summed E-state index contributed by atoms with van der Waals surface area (Å²) in [5, 5.41) is 0.741. The van der Waals surface area contributed by atoms with Crippen LogP contribution in [-0.4, -0.2) is 0 Å². The van der Waals surface area contributed by atoms with Gasteiger partial charge in [0.1, 0.15) is 0 Å². The molecule has 3 heteroatoms. The first kappa shape index (κ1) is 12.0. The fourth-order valence-electron chi connectivity index (χ4n) is 1.58. The van der Waals surface area contributed by atoms with E-state index >= 15 is 0 Å². The summed E-state index contributed by atoms with van der Waals surface area (Å²) < 4.78 is 0.996. The molecule has 1 aromatic carbocycles. The van der Waals surface area contributed by atoms with E-state index in [-0.39, 0.29) is 5.54 Å². The molecule has 0 amide bonds. The highest BCUT2D eigenvalue weighted by Crippen LogP contribution is 2.36. The van der Waals surface area contributed by atoms with Crippen LogP contribution in [0.15, 0.2) is 22.7 Å². The van der Waals surface area contributed by atoms with E-state index in [0.29, 0.717) is 0 Å². The van der Waals surface area contributed by atoms with Crippen LogP contribution in [0, 0.1) is 0 Å². The van der Waals surface area contributed by atoms with Gasteiger partial charge in [-0.3, -0.25) is 0 Å². The molecule has 0 aromatic heterocycles. The molecule has 1 rings (SSSR count). The fourth-order valence-corrected chi connectivity index (χ4v) is 2.81. The van der Waals surface area contributed by atoms with Crippen LogP contribution < -0.4 is 5.73 Å². The summed E-state index contributed by atoms with van der Waals surface area (Å²) in [5.74, 6) is 0. The topological polar surface area (TPSA) is 26.0 Å². The first-order chi connectivity index (χ1) is 6.55. The maximum Gasteiger partial charge on any atom is 0.0467 e. The summed E-state index contributed by atoms with van der Waals surface area (Å²) in [6.07, 6.45) is 1.76. The molecule has 1 nitrogen and oxygen atoms in total. The molecule has 0 aliphatic heterocycles. The Morgan fingerprint density at radius 2 is 1.93 bits per heavy atom. The molecular formula is C11H15BrClN. The van der Waals surface area contributed by atoms with Gasteiger partial charge in [0, 0.05) is 20.6 Å². The lowest BCUT2D eigenvalue weighted by atomic mass is 9.86. The summed E-state index contributed by atoms with van der Waals surface area (Å²) in [7, 11) is 0. The van der Waals surface area contributed by atoms with Crippen LogP contribution in [0.1, 0.15) is 32.3 Å². The summed E-state index contributed by atoms with van der Waals surface area (Å²) in [6, 6.07) is 5.78. The maximum absolute atomic E-state index is 6.31. The van der Waals surface area contributed by atoms with E-state index in [4.69, 9.17) is 17.3 Å². The molecule has 0 saturated carbocycles. The maximum atomic E-state index is 6.31. The highest BCUT2D eigenvalue weighted by molar-refractivity contribution is 9.10. The van der Waals surface area contributed by atoms with E-state index in [1.54, 1.807) is 0 Å². The van der Waals surface area contributed by atoms with Gasteiger partial charge in [-0.1, -0.05) is 47.4 Å². The minimum absolute atomic E-state index is 0.322. The molecule has 78 valence electrons. The summed E-state index contributed by atoms with van der Waals surface area (Å²) >= 11 is 9.66. The van der Waals surface area contributed by atoms with Crippen LogP contribution in [0.5, 0.6) is 0 Å². The lowest BCUT2D eigenvalue weighted by molar-refractivity contribution is 0.411. The highest BCUT2D eigenvalue weighted by atomic mass is 79.9. The minimum atomic E-state index is -0.322. The molecule has 0 bridgehead atoms. The quantitative estimate of drug-likeness (QED) is 0.884. The zero-order chi connectivity index (χ0) is 10.8. The Morgan fingerprint density at radius 1 is 1.36 bits per heavy atom. The number of nitrogens with two attached hydrogens (primary N) is 1. The summed E-state index contributed by atoms with van der Waals surface area (Å²) in [6.45, 7) is 4.17. The van der Waals surface area contributed by atoms with Crippen LogP contribution in [-0.2, 0) is 5.54 Å². The fraction of sp³-hybridized carbons (Fsp3) is 0.455. The second kappa shape index (κ2) is 4.65.